The minimum Gasteiger partial charge on any atom is -0.496 e. The van der Waals surface area contributed by atoms with Crippen LogP contribution in [0.4, 0.5) is 5.69 Å². The molecule has 0 bridgehead atoms. The summed E-state index contributed by atoms with van der Waals surface area (Å²) in [4.78, 5) is 27.6. The number of rotatable bonds is 6. The van der Waals surface area contributed by atoms with Crippen molar-refractivity contribution in [3.8, 4) is 5.75 Å². The van der Waals surface area contributed by atoms with Gasteiger partial charge in [0.05, 0.1) is 29.9 Å². The number of hydrogen-bond acceptors (Lipinski definition) is 4. The van der Waals surface area contributed by atoms with Crippen molar-refractivity contribution < 1.29 is 14.3 Å². The Balaban J connectivity index is 0.00000484. The summed E-state index contributed by atoms with van der Waals surface area (Å²) in [7, 11) is 3.01. The first-order valence-corrected chi connectivity index (χ1v) is 7.39. The molecule has 0 aliphatic heterocycles. The molecule has 0 atom stereocenters. The molecule has 0 unspecified atom stereocenters. The van der Waals surface area contributed by atoms with Crippen LogP contribution in [-0.2, 0) is 4.79 Å². The van der Waals surface area contributed by atoms with Gasteiger partial charge in [0, 0.05) is 26.2 Å². The lowest BCUT2D eigenvalue weighted by Crippen LogP contribution is -2.41. The van der Waals surface area contributed by atoms with Crippen molar-refractivity contribution >= 4 is 41.5 Å². The maximum absolute atomic E-state index is 12.5. The molecule has 0 saturated carbocycles. The van der Waals surface area contributed by atoms with E-state index in [4.69, 9.17) is 22.1 Å². The number of anilines is 1. The van der Waals surface area contributed by atoms with E-state index in [0.717, 1.165) is 0 Å². The fraction of sp³-hybridized carbons (Fsp3) is 0.467. The van der Waals surface area contributed by atoms with Gasteiger partial charge in [0.15, 0.2) is 0 Å². The Bertz CT molecular complexity index is 563. The summed E-state index contributed by atoms with van der Waals surface area (Å²) in [5.41, 5.74) is 6.31. The second-order valence-electron chi connectivity index (χ2n) is 4.80. The van der Waals surface area contributed by atoms with Gasteiger partial charge >= 0.3 is 0 Å². The zero-order valence-corrected chi connectivity index (χ0v) is 15.3. The molecule has 0 saturated heterocycles. The molecule has 2 amide bonds. The van der Waals surface area contributed by atoms with Crippen molar-refractivity contribution in [3.05, 3.63) is 22.7 Å². The molecule has 0 spiro atoms. The first-order chi connectivity index (χ1) is 10.3. The van der Waals surface area contributed by atoms with E-state index in [1.54, 1.807) is 11.9 Å². The molecule has 8 heteroatoms. The van der Waals surface area contributed by atoms with Gasteiger partial charge in [0.2, 0.25) is 5.91 Å². The van der Waals surface area contributed by atoms with Gasteiger partial charge in [-0.25, -0.2) is 0 Å². The van der Waals surface area contributed by atoms with Crippen LogP contribution in [-0.4, -0.2) is 55.4 Å². The van der Waals surface area contributed by atoms with Crippen molar-refractivity contribution in [2.45, 2.75) is 13.8 Å². The predicted molar refractivity (Wildman–Crippen MR) is 94.6 cm³/mol. The molecular formula is C15H23Cl2N3O3. The number of ether oxygens (including phenoxy) is 1. The zero-order chi connectivity index (χ0) is 16.9. The lowest BCUT2D eigenvalue weighted by atomic mass is 10.1. The van der Waals surface area contributed by atoms with Gasteiger partial charge in [0.1, 0.15) is 5.75 Å². The summed E-state index contributed by atoms with van der Waals surface area (Å²) in [6, 6.07) is 2.95. The topological polar surface area (TPSA) is 75.9 Å². The van der Waals surface area contributed by atoms with E-state index in [9.17, 15) is 9.59 Å². The summed E-state index contributed by atoms with van der Waals surface area (Å²) in [5.74, 6) is -0.130. The van der Waals surface area contributed by atoms with Crippen LogP contribution < -0.4 is 10.5 Å². The van der Waals surface area contributed by atoms with Crippen LogP contribution in [0, 0.1) is 0 Å². The highest BCUT2D eigenvalue weighted by molar-refractivity contribution is 6.33. The van der Waals surface area contributed by atoms with Gasteiger partial charge in [-0.1, -0.05) is 11.6 Å². The highest BCUT2D eigenvalue weighted by Gasteiger charge is 2.21. The van der Waals surface area contributed by atoms with Crippen LogP contribution in [0.25, 0.3) is 0 Å². The SMILES string of the molecule is CCN(CC)C(=O)CN(C)C(=O)c1cc(Cl)c(N)cc1OC.Cl. The molecule has 0 aromatic heterocycles. The summed E-state index contributed by atoms with van der Waals surface area (Å²) in [6.07, 6.45) is 0. The number of methoxy groups -OCH3 is 1. The van der Waals surface area contributed by atoms with Crippen molar-refractivity contribution in [2.24, 2.45) is 0 Å². The summed E-state index contributed by atoms with van der Waals surface area (Å²) < 4.78 is 5.17. The number of nitrogen functional groups attached to an aromatic ring is 1. The minimum atomic E-state index is -0.348. The van der Waals surface area contributed by atoms with Crippen LogP contribution >= 0.6 is 24.0 Å². The van der Waals surface area contributed by atoms with Crippen LogP contribution in [0.15, 0.2) is 12.1 Å². The van der Waals surface area contributed by atoms with E-state index in [2.05, 4.69) is 0 Å². The molecule has 6 nitrogen and oxygen atoms in total. The number of nitrogens with two attached hydrogens (primary N) is 1. The zero-order valence-electron chi connectivity index (χ0n) is 13.8. The van der Waals surface area contributed by atoms with E-state index in [1.165, 1.54) is 24.1 Å². The number of hydrogen-bond donors (Lipinski definition) is 1. The Labute approximate surface area is 147 Å². The molecule has 0 heterocycles. The first kappa shape index (κ1) is 21.3. The number of carbonyl (C=O) groups is 2. The average Bonchev–Trinajstić information content (AvgIpc) is 2.49. The van der Waals surface area contributed by atoms with Crippen molar-refractivity contribution in [2.75, 3.05) is 39.5 Å². The van der Waals surface area contributed by atoms with Crippen LogP contribution in [0.2, 0.25) is 5.02 Å². The van der Waals surface area contributed by atoms with Gasteiger partial charge < -0.3 is 20.3 Å². The lowest BCUT2D eigenvalue weighted by molar-refractivity contribution is -0.131. The van der Waals surface area contributed by atoms with Gasteiger partial charge in [-0.3, -0.25) is 9.59 Å². The van der Waals surface area contributed by atoms with Crippen LogP contribution in [0.3, 0.4) is 0 Å². The van der Waals surface area contributed by atoms with Gasteiger partial charge in [-0.2, -0.15) is 0 Å². The molecule has 2 N–H and O–H groups in total. The smallest absolute Gasteiger partial charge is 0.257 e. The number of carbonyl (C=O) groups excluding carboxylic acids is 2. The molecule has 130 valence electrons. The predicted octanol–water partition coefficient (Wildman–Crippen LogP) is 2.29. The van der Waals surface area contributed by atoms with E-state index < -0.39 is 0 Å². The van der Waals surface area contributed by atoms with Crippen molar-refractivity contribution in [3.63, 3.8) is 0 Å². The van der Waals surface area contributed by atoms with E-state index in [1.807, 2.05) is 13.8 Å². The van der Waals surface area contributed by atoms with E-state index >= 15 is 0 Å². The Morgan fingerprint density at radius 1 is 1.26 bits per heavy atom. The normalized spacial score (nSPS) is 9.78. The van der Waals surface area contributed by atoms with Crippen molar-refractivity contribution in [1.29, 1.82) is 0 Å². The average molecular weight is 364 g/mol. The first-order valence-electron chi connectivity index (χ1n) is 7.01. The third-order valence-corrected chi connectivity index (χ3v) is 3.71. The van der Waals surface area contributed by atoms with Crippen molar-refractivity contribution in [1.82, 2.24) is 9.80 Å². The van der Waals surface area contributed by atoms with Gasteiger partial charge in [0.25, 0.3) is 5.91 Å². The molecular weight excluding hydrogens is 341 g/mol. The molecule has 0 aliphatic rings. The number of nitrogens with zero attached hydrogens (tertiary/aromatic N) is 2. The largest absolute Gasteiger partial charge is 0.496 e. The summed E-state index contributed by atoms with van der Waals surface area (Å²) >= 11 is 5.97. The number of likely N-dealkylation sites (N-methyl/N-ethyl adjacent to an activating group) is 2. The molecule has 23 heavy (non-hydrogen) atoms. The second-order valence-corrected chi connectivity index (χ2v) is 5.21. The lowest BCUT2D eigenvalue weighted by Gasteiger charge is -2.23. The maximum Gasteiger partial charge on any atom is 0.257 e. The monoisotopic (exact) mass is 363 g/mol. The summed E-state index contributed by atoms with van der Waals surface area (Å²) in [6.45, 7) is 4.99. The van der Waals surface area contributed by atoms with Gasteiger partial charge in [-0.05, 0) is 19.9 Å². The van der Waals surface area contributed by atoms with Crippen LogP contribution in [0.5, 0.6) is 5.75 Å². The summed E-state index contributed by atoms with van der Waals surface area (Å²) in [5, 5.41) is 0.271. The van der Waals surface area contributed by atoms with Gasteiger partial charge in [-0.15, -0.1) is 12.4 Å². The fourth-order valence-corrected chi connectivity index (χ4v) is 2.23. The van der Waals surface area contributed by atoms with Crippen LogP contribution in [0.1, 0.15) is 24.2 Å². The molecule has 1 rings (SSSR count). The minimum absolute atomic E-state index is 0. The molecule has 0 aliphatic carbocycles. The molecule has 1 aromatic rings. The Morgan fingerprint density at radius 3 is 2.30 bits per heavy atom. The Kier molecular flexibility index (Phi) is 8.79. The number of halogens is 2. The Morgan fingerprint density at radius 2 is 1.83 bits per heavy atom. The Hall–Kier alpha value is -1.66. The number of benzene rings is 1. The van der Waals surface area contributed by atoms with E-state index in [0.29, 0.717) is 24.5 Å². The maximum atomic E-state index is 12.5. The highest BCUT2D eigenvalue weighted by atomic mass is 35.5. The second kappa shape index (κ2) is 9.47. The standard InChI is InChI=1S/C15H22ClN3O3.ClH/c1-5-19(6-2)14(20)9-18(3)15(21)10-7-11(16)12(17)8-13(10)22-4;/h7-8H,5-6,9,17H2,1-4H3;1H. The number of amides is 2. The molecule has 0 fully saturated rings. The quantitative estimate of drug-likeness (QED) is 0.786. The van der Waals surface area contributed by atoms with E-state index in [-0.39, 0.29) is 41.4 Å². The highest BCUT2D eigenvalue weighted by Crippen LogP contribution is 2.29. The molecule has 0 radical (unpaired) electrons. The molecule has 1 aromatic carbocycles. The third-order valence-electron chi connectivity index (χ3n) is 3.38. The fourth-order valence-electron chi connectivity index (χ4n) is 2.06. The third kappa shape index (κ3) is 5.18.